The Morgan fingerprint density at radius 1 is 1.07 bits per heavy atom. The summed E-state index contributed by atoms with van der Waals surface area (Å²) in [6.07, 6.45) is 14.2. The van der Waals surface area contributed by atoms with Gasteiger partial charge in [0, 0.05) is 23.3 Å². The van der Waals surface area contributed by atoms with Gasteiger partial charge in [-0.3, -0.25) is 9.59 Å². The molecule has 1 aromatic carbocycles. The highest BCUT2D eigenvalue weighted by molar-refractivity contribution is 5.81. The van der Waals surface area contributed by atoms with Crippen molar-refractivity contribution in [1.29, 1.82) is 0 Å². The number of carboxylic acid groups (broad SMARTS) is 1. The summed E-state index contributed by atoms with van der Waals surface area (Å²) in [4.78, 5) is 24.0. The van der Waals surface area contributed by atoms with Crippen LogP contribution in [0, 0.1) is 17.8 Å². The number of allylic oxidation sites excluding steroid dienone is 2. The Balaban J connectivity index is 1.88. The summed E-state index contributed by atoms with van der Waals surface area (Å²) < 4.78 is 5.95. The number of carbonyl (C=O) groups excluding carboxylic acids is 1. The number of hydrogen-bond donors (Lipinski definition) is 1. The Bertz CT molecular complexity index is 785. The lowest BCUT2D eigenvalue weighted by atomic mass is 9.61. The normalized spacial score (nSPS) is 28.3. The molecule has 1 N–H and O–H groups in total. The minimum absolute atomic E-state index is 0.176. The maximum Gasteiger partial charge on any atom is 0.314 e. The summed E-state index contributed by atoms with van der Waals surface area (Å²) in [5, 5.41) is 9.43. The van der Waals surface area contributed by atoms with Crippen LogP contribution >= 0.6 is 0 Å². The first kappa shape index (κ1) is 22.3. The van der Waals surface area contributed by atoms with Crippen LogP contribution in [0.1, 0.15) is 64.4 Å². The van der Waals surface area contributed by atoms with Crippen molar-refractivity contribution in [2.45, 2.75) is 64.2 Å². The summed E-state index contributed by atoms with van der Waals surface area (Å²) in [7, 11) is 0. The molecule has 0 spiro atoms. The van der Waals surface area contributed by atoms with Crippen LogP contribution < -0.4 is 4.74 Å². The zero-order valence-corrected chi connectivity index (χ0v) is 18.2. The Hall–Kier alpha value is -2.36. The van der Waals surface area contributed by atoms with Crippen molar-refractivity contribution in [2.75, 3.05) is 6.61 Å². The minimum atomic E-state index is -0.834. The fourth-order valence-corrected chi connectivity index (χ4v) is 5.04. The van der Waals surface area contributed by atoms with Crippen LogP contribution in [0.3, 0.4) is 0 Å². The molecule has 0 bridgehead atoms. The third kappa shape index (κ3) is 4.69. The molecule has 0 unspecified atom stereocenters. The maximum atomic E-state index is 12.5. The quantitative estimate of drug-likeness (QED) is 0.529. The van der Waals surface area contributed by atoms with E-state index in [2.05, 4.69) is 25.1 Å². The number of aliphatic carboxylic acids is 1. The van der Waals surface area contributed by atoms with E-state index in [0.29, 0.717) is 24.7 Å². The molecule has 162 valence electrons. The molecule has 0 amide bonds. The van der Waals surface area contributed by atoms with E-state index >= 15 is 0 Å². The van der Waals surface area contributed by atoms with Gasteiger partial charge in [0.2, 0.25) is 0 Å². The van der Waals surface area contributed by atoms with Crippen molar-refractivity contribution in [3.63, 3.8) is 0 Å². The molecule has 1 fully saturated rings. The highest BCUT2D eigenvalue weighted by atomic mass is 16.5. The Kier molecular flexibility index (Phi) is 7.52. The predicted octanol–water partition coefficient (Wildman–Crippen LogP) is 5.72. The van der Waals surface area contributed by atoms with Gasteiger partial charge in [0.05, 0.1) is 12.5 Å². The first-order valence-corrected chi connectivity index (χ1v) is 11.4. The maximum absolute atomic E-state index is 12.5. The van der Waals surface area contributed by atoms with Gasteiger partial charge in [-0.05, 0) is 51.0 Å². The summed E-state index contributed by atoms with van der Waals surface area (Å²) in [6.45, 7) is 4.68. The number of hydrogen-bond acceptors (Lipinski definition) is 3. The second-order valence-electron chi connectivity index (χ2n) is 8.56. The fraction of sp³-hybridized carbons (Fsp3) is 0.538. The molecule has 0 heterocycles. The topological polar surface area (TPSA) is 63.6 Å². The first-order valence-electron chi connectivity index (χ1n) is 11.4. The average Bonchev–Trinajstić information content (AvgIpc) is 2.78. The molecule has 30 heavy (non-hydrogen) atoms. The zero-order valence-electron chi connectivity index (χ0n) is 18.2. The van der Waals surface area contributed by atoms with E-state index in [4.69, 9.17) is 4.74 Å². The van der Waals surface area contributed by atoms with Gasteiger partial charge in [0.1, 0.15) is 11.5 Å². The van der Waals surface area contributed by atoms with Crippen LogP contribution in [0.4, 0.5) is 0 Å². The molecular weight excluding hydrogens is 376 g/mol. The average molecular weight is 411 g/mol. The Labute approximate surface area is 180 Å². The van der Waals surface area contributed by atoms with E-state index in [1.165, 1.54) is 0 Å². The predicted molar refractivity (Wildman–Crippen MR) is 119 cm³/mol. The van der Waals surface area contributed by atoms with Crippen molar-refractivity contribution < 1.29 is 19.4 Å². The van der Waals surface area contributed by atoms with E-state index in [-0.39, 0.29) is 5.92 Å². The number of ether oxygens (including phenoxy) is 1. The largest absolute Gasteiger partial charge is 0.494 e. The smallest absolute Gasteiger partial charge is 0.314 e. The van der Waals surface area contributed by atoms with Crippen molar-refractivity contribution in [3.8, 4) is 5.75 Å². The fourth-order valence-electron chi connectivity index (χ4n) is 5.04. The van der Waals surface area contributed by atoms with E-state index in [1.807, 2.05) is 37.3 Å². The lowest BCUT2D eigenvalue weighted by molar-refractivity contribution is -0.138. The highest BCUT2D eigenvalue weighted by Crippen LogP contribution is 2.49. The summed E-state index contributed by atoms with van der Waals surface area (Å²) >= 11 is 0. The van der Waals surface area contributed by atoms with Crippen molar-refractivity contribution >= 4 is 11.8 Å². The Morgan fingerprint density at radius 3 is 2.33 bits per heavy atom. The van der Waals surface area contributed by atoms with Crippen LogP contribution in [-0.2, 0) is 15.0 Å². The zero-order chi connectivity index (χ0) is 21.6. The highest BCUT2D eigenvalue weighted by Gasteiger charge is 2.42. The second-order valence-corrected chi connectivity index (χ2v) is 8.56. The number of ketones is 1. The summed E-state index contributed by atoms with van der Waals surface area (Å²) in [5.74, 6) is 0.333. The van der Waals surface area contributed by atoms with Gasteiger partial charge in [-0.1, -0.05) is 55.8 Å². The standard InChI is InChI=1S/C26H34O4/c1-3-5-9-23(27)19-11-13-21(14-12-19)26(17-15-20(16-18-26)25(28)29)22-8-6-7-10-24(22)30-4-2/h6-8,10,15-21H,3-5,9,11-14H2,1-2H3,(H,28,29). The molecule has 0 aliphatic heterocycles. The number of para-hydroxylation sites is 1. The minimum Gasteiger partial charge on any atom is -0.494 e. The van der Waals surface area contributed by atoms with E-state index in [0.717, 1.165) is 49.8 Å². The van der Waals surface area contributed by atoms with Gasteiger partial charge in [-0.2, -0.15) is 0 Å². The van der Waals surface area contributed by atoms with Crippen LogP contribution in [-0.4, -0.2) is 23.5 Å². The second kappa shape index (κ2) is 10.1. The van der Waals surface area contributed by atoms with Crippen LogP contribution in [0.25, 0.3) is 0 Å². The van der Waals surface area contributed by atoms with Gasteiger partial charge in [0.15, 0.2) is 0 Å². The molecule has 2 aliphatic carbocycles. The van der Waals surface area contributed by atoms with Crippen molar-refractivity contribution in [3.05, 3.63) is 54.1 Å². The molecule has 0 radical (unpaired) electrons. The van der Waals surface area contributed by atoms with Gasteiger partial charge in [-0.25, -0.2) is 0 Å². The molecule has 2 aliphatic rings. The molecule has 0 aromatic heterocycles. The third-order valence-corrected chi connectivity index (χ3v) is 6.73. The van der Waals surface area contributed by atoms with Crippen molar-refractivity contribution in [2.24, 2.45) is 17.8 Å². The van der Waals surface area contributed by atoms with E-state index in [9.17, 15) is 14.7 Å². The number of carboxylic acids is 1. The van der Waals surface area contributed by atoms with E-state index < -0.39 is 17.3 Å². The molecule has 1 saturated carbocycles. The number of unbranched alkanes of at least 4 members (excludes halogenated alkanes) is 1. The summed E-state index contributed by atoms with van der Waals surface area (Å²) in [6, 6.07) is 8.08. The van der Waals surface area contributed by atoms with Crippen molar-refractivity contribution in [1.82, 2.24) is 0 Å². The lowest BCUT2D eigenvalue weighted by Gasteiger charge is -2.42. The number of benzene rings is 1. The molecule has 1 aromatic rings. The Morgan fingerprint density at radius 2 is 1.73 bits per heavy atom. The lowest BCUT2D eigenvalue weighted by Crippen LogP contribution is -2.37. The number of carbonyl (C=O) groups is 2. The molecule has 4 heteroatoms. The van der Waals surface area contributed by atoms with Crippen LogP contribution in [0.2, 0.25) is 0 Å². The molecule has 4 nitrogen and oxygen atoms in total. The molecular formula is C26H34O4. The number of Topliss-reactive ketones (excluding diaryl/α,β-unsaturated/α-hetero) is 1. The first-order chi connectivity index (χ1) is 14.5. The SMILES string of the molecule is CCCCC(=O)C1CCC(C2(c3ccccc3OCC)C=CC(C(=O)O)C=C2)CC1. The third-order valence-electron chi connectivity index (χ3n) is 6.73. The molecule has 0 saturated heterocycles. The van der Waals surface area contributed by atoms with Gasteiger partial charge < -0.3 is 9.84 Å². The van der Waals surface area contributed by atoms with Crippen LogP contribution in [0.5, 0.6) is 5.75 Å². The van der Waals surface area contributed by atoms with Gasteiger partial charge in [-0.15, -0.1) is 0 Å². The van der Waals surface area contributed by atoms with Gasteiger partial charge in [0.25, 0.3) is 0 Å². The van der Waals surface area contributed by atoms with Gasteiger partial charge >= 0.3 is 5.97 Å². The summed E-state index contributed by atoms with van der Waals surface area (Å²) in [5.41, 5.74) is 0.693. The molecule has 0 atom stereocenters. The molecule has 3 rings (SSSR count). The van der Waals surface area contributed by atoms with Crippen LogP contribution in [0.15, 0.2) is 48.6 Å². The number of rotatable bonds is 9. The van der Waals surface area contributed by atoms with E-state index in [1.54, 1.807) is 0 Å². The monoisotopic (exact) mass is 410 g/mol.